The zero-order valence-corrected chi connectivity index (χ0v) is 16.8. The average molecular weight is 438 g/mol. The number of unbranched alkanes of at least 4 members (excludes halogenated alkanes) is 2. The number of imide groups is 1. The molecule has 29 heavy (non-hydrogen) atoms. The van der Waals surface area contributed by atoms with Crippen molar-refractivity contribution in [1.82, 2.24) is 4.90 Å². The highest BCUT2D eigenvalue weighted by atomic mass is 35.5. The zero-order chi connectivity index (χ0) is 21.0. The van der Waals surface area contributed by atoms with Crippen molar-refractivity contribution in [3.05, 3.63) is 51.8 Å². The second-order valence-corrected chi connectivity index (χ2v) is 7.77. The Kier molecular flexibility index (Phi) is 6.76. The molecule has 0 saturated carbocycles. The summed E-state index contributed by atoms with van der Waals surface area (Å²) in [5, 5.41) is 8.23. The molecule has 0 radical (unpaired) electrons. The number of amides is 2. The van der Waals surface area contributed by atoms with Gasteiger partial charge in [-0.15, -0.1) is 0 Å². The molecule has 0 spiro atoms. The number of hydrogen-bond donors (Lipinski definition) is 1. The molecule has 1 aromatic carbocycles. The molecule has 0 atom stereocenters. The lowest BCUT2D eigenvalue weighted by molar-refractivity contribution is -0.137. The van der Waals surface area contributed by atoms with Crippen LogP contribution in [0.15, 0.2) is 39.7 Å². The monoisotopic (exact) mass is 437 g/mol. The minimum absolute atomic E-state index is 0.0232. The maximum Gasteiger partial charge on any atom is 0.303 e. The molecule has 1 aromatic heterocycles. The molecule has 3 rings (SSSR count). The molecule has 1 aliphatic rings. The molecular formula is C20H17ClFNO5S. The first-order chi connectivity index (χ1) is 13.8. The summed E-state index contributed by atoms with van der Waals surface area (Å²) in [5.74, 6) is -0.956. The van der Waals surface area contributed by atoms with Gasteiger partial charge in [0.05, 0.1) is 9.93 Å². The Hall–Kier alpha value is -2.58. The Morgan fingerprint density at radius 3 is 2.72 bits per heavy atom. The van der Waals surface area contributed by atoms with Crippen LogP contribution in [-0.2, 0) is 9.59 Å². The van der Waals surface area contributed by atoms with Gasteiger partial charge in [-0.3, -0.25) is 19.3 Å². The summed E-state index contributed by atoms with van der Waals surface area (Å²) in [6.45, 7) is 0.249. The van der Waals surface area contributed by atoms with Crippen molar-refractivity contribution in [2.45, 2.75) is 25.7 Å². The summed E-state index contributed by atoms with van der Waals surface area (Å²) in [6.07, 6.45) is 3.24. The molecule has 6 nitrogen and oxygen atoms in total. The second kappa shape index (κ2) is 9.28. The number of carboxylic acid groups (broad SMARTS) is 1. The van der Waals surface area contributed by atoms with Crippen molar-refractivity contribution in [3.8, 4) is 11.3 Å². The third-order valence-corrected chi connectivity index (χ3v) is 5.45. The number of halogens is 2. The lowest BCUT2D eigenvalue weighted by Crippen LogP contribution is -2.29. The summed E-state index contributed by atoms with van der Waals surface area (Å²) in [7, 11) is 0. The van der Waals surface area contributed by atoms with Gasteiger partial charge in [0.2, 0.25) is 0 Å². The minimum atomic E-state index is -0.861. The van der Waals surface area contributed by atoms with Gasteiger partial charge >= 0.3 is 5.97 Å². The van der Waals surface area contributed by atoms with E-state index in [2.05, 4.69) is 0 Å². The summed E-state index contributed by atoms with van der Waals surface area (Å²) in [6, 6.07) is 7.52. The number of furan rings is 1. The number of aliphatic carboxylic acids is 1. The van der Waals surface area contributed by atoms with Crippen molar-refractivity contribution in [1.29, 1.82) is 0 Å². The van der Waals surface area contributed by atoms with Crippen LogP contribution in [0.1, 0.15) is 31.4 Å². The average Bonchev–Trinajstić information content (AvgIpc) is 3.23. The quantitative estimate of drug-likeness (QED) is 0.438. The SMILES string of the molecule is O=C(O)CCCCCN1C(=O)SC(=Cc2ccc(-c3ccc(F)c(Cl)c3)o2)C1=O. The smallest absolute Gasteiger partial charge is 0.303 e. The first-order valence-electron chi connectivity index (χ1n) is 8.87. The van der Waals surface area contributed by atoms with Crippen molar-refractivity contribution < 1.29 is 28.3 Å². The number of carbonyl (C=O) groups is 3. The third-order valence-electron chi connectivity index (χ3n) is 4.25. The van der Waals surface area contributed by atoms with Crippen molar-refractivity contribution in [2.75, 3.05) is 6.54 Å². The number of hydrogen-bond acceptors (Lipinski definition) is 5. The van der Waals surface area contributed by atoms with Gasteiger partial charge in [-0.1, -0.05) is 18.0 Å². The lowest BCUT2D eigenvalue weighted by atomic mass is 10.2. The van der Waals surface area contributed by atoms with Gasteiger partial charge in [0.25, 0.3) is 11.1 Å². The van der Waals surface area contributed by atoms with Gasteiger partial charge in [-0.2, -0.15) is 0 Å². The Balaban J connectivity index is 1.64. The fourth-order valence-corrected chi connectivity index (χ4v) is 3.81. The van der Waals surface area contributed by atoms with E-state index in [4.69, 9.17) is 21.1 Å². The van der Waals surface area contributed by atoms with Crippen LogP contribution in [0.4, 0.5) is 9.18 Å². The summed E-state index contributed by atoms with van der Waals surface area (Å²) in [5.41, 5.74) is 0.588. The molecule has 1 N–H and O–H groups in total. The van der Waals surface area contributed by atoms with Crippen LogP contribution in [0.25, 0.3) is 17.4 Å². The lowest BCUT2D eigenvalue weighted by Gasteiger charge is -2.11. The highest BCUT2D eigenvalue weighted by Crippen LogP contribution is 2.34. The maximum absolute atomic E-state index is 13.3. The predicted octanol–water partition coefficient (Wildman–Crippen LogP) is 5.42. The topological polar surface area (TPSA) is 87.8 Å². The molecule has 152 valence electrons. The van der Waals surface area contributed by atoms with Crippen LogP contribution in [0.3, 0.4) is 0 Å². The molecule has 2 aromatic rings. The normalized spacial score (nSPS) is 15.5. The fraction of sp³-hybridized carbons (Fsp3) is 0.250. The van der Waals surface area contributed by atoms with Crippen LogP contribution in [0.5, 0.6) is 0 Å². The van der Waals surface area contributed by atoms with Gasteiger partial charge in [0.15, 0.2) is 0 Å². The van der Waals surface area contributed by atoms with Crippen LogP contribution in [0.2, 0.25) is 5.02 Å². The highest BCUT2D eigenvalue weighted by Gasteiger charge is 2.34. The first-order valence-corrected chi connectivity index (χ1v) is 10.1. The van der Waals surface area contributed by atoms with E-state index in [-0.39, 0.29) is 28.1 Å². The minimum Gasteiger partial charge on any atom is -0.481 e. The molecule has 9 heteroatoms. The van der Waals surface area contributed by atoms with E-state index >= 15 is 0 Å². The molecule has 0 aliphatic carbocycles. The van der Waals surface area contributed by atoms with Crippen molar-refractivity contribution >= 4 is 46.6 Å². The molecule has 0 unspecified atom stereocenters. The third kappa shape index (κ3) is 5.27. The molecule has 1 aliphatic heterocycles. The summed E-state index contributed by atoms with van der Waals surface area (Å²) < 4.78 is 19.0. The Morgan fingerprint density at radius 2 is 2.00 bits per heavy atom. The zero-order valence-electron chi connectivity index (χ0n) is 15.2. The van der Waals surface area contributed by atoms with Crippen molar-refractivity contribution in [3.63, 3.8) is 0 Å². The number of carboxylic acids is 1. The Bertz CT molecular complexity index is 987. The van der Waals surface area contributed by atoms with Crippen LogP contribution in [0, 0.1) is 5.82 Å². The van der Waals surface area contributed by atoms with Gasteiger partial charge in [-0.05, 0) is 54.9 Å². The van der Waals surface area contributed by atoms with E-state index in [1.165, 1.54) is 24.3 Å². The van der Waals surface area contributed by atoms with E-state index in [0.29, 0.717) is 36.3 Å². The largest absolute Gasteiger partial charge is 0.481 e. The highest BCUT2D eigenvalue weighted by molar-refractivity contribution is 8.18. The number of thioether (sulfide) groups is 1. The van der Waals surface area contributed by atoms with E-state index in [1.807, 2.05) is 0 Å². The van der Waals surface area contributed by atoms with Crippen LogP contribution >= 0.6 is 23.4 Å². The first kappa shape index (κ1) is 21.1. The van der Waals surface area contributed by atoms with E-state index < -0.39 is 17.7 Å². The molecular weight excluding hydrogens is 421 g/mol. The molecule has 1 fully saturated rings. The number of rotatable bonds is 8. The number of carbonyl (C=O) groups excluding carboxylic acids is 2. The van der Waals surface area contributed by atoms with Gasteiger partial charge < -0.3 is 9.52 Å². The van der Waals surface area contributed by atoms with E-state index in [9.17, 15) is 18.8 Å². The Morgan fingerprint density at radius 1 is 1.21 bits per heavy atom. The summed E-state index contributed by atoms with van der Waals surface area (Å²) >= 11 is 6.62. The van der Waals surface area contributed by atoms with E-state index in [1.54, 1.807) is 12.1 Å². The summed E-state index contributed by atoms with van der Waals surface area (Å²) in [4.78, 5) is 36.5. The fourth-order valence-electron chi connectivity index (χ4n) is 2.78. The number of nitrogens with zero attached hydrogens (tertiary/aromatic N) is 1. The standard InChI is InChI=1S/C20H17ClFNO5S/c21-14-10-12(5-7-15(14)22)16-8-6-13(28-16)11-17-19(26)23(20(27)29-17)9-3-1-2-4-18(24)25/h5-8,10-11H,1-4,9H2,(H,24,25). The van der Waals surface area contributed by atoms with Crippen LogP contribution in [-0.4, -0.2) is 33.7 Å². The second-order valence-electron chi connectivity index (χ2n) is 6.37. The van der Waals surface area contributed by atoms with Gasteiger partial charge in [0.1, 0.15) is 17.3 Å². The van der Waals surface area contributed by atoms with Crippen molar-refractivity contribution in [2.24, 2.45) is 0 Å². The Labute approximate surface area is 175 Å². The number of benzene rings is 1. The van der Waals surface area contributed by atoms with Crippen LogP contribution < -0.4 is 0 Å². The van der Waals surface area contributed by atoms with Gasteiger partial charge in [-0.25, -0.2) is 4.39 Å². The van der Waals surface area contributed by atoms with E-state index in [0.717, 1.165) is 16.7 Å². The maximum atomic E-state index is 13.3. The molecule has 0 bridgehead atoms. The molecule has 2 heterocycles. The molecule has 2 amide bonds. The molecule has 1 saturated heterocycles. The predicted molar refractivity (Wildman–Crippen MR) is 108 cm³/mol. The van der Waals surface area contributed by atoms with Gasteiger partial charge in [0, 0.05) is 24.6 Å².